The minimum absolute atomic E-state index is 0. The number of aliphatic hydroxyl groups is 1. The van der Waals surface area contributed by atoms with E-state index in [1.165, 1.54) is 51.0 Å². The summed E-state index contributed by atoms with van der Waals surface area (Å²) in [6.45, 7) is 21.1. The standard InChI is InChI=1S/C15H21N2OP.C15H20N2O.C14H18N2O.CH4IP.CH4/c1-4-10-8-17(9(2)3)12-7-13(18-19)15-11(14(10)12)5-6-16-15;1-4-10-8-17(9(2)3)12-7-13(18)15-11(14(10)12)5-6-16-15;1-8(2)16-7-9-6-14(9)10-3-4-15-13(10)11(17)5-12(14)16;2-1-3;/h5-7,9-10,16H,4,8,19H2,1-3H3;5-7,9-10,16,18H,4,8H2,1-3H3;3-5,8-9,11,15,17H,6-7H2,1-2H3;1,3H2;1H4/t2*10-;9-,11?,14?;;/m111../s1/i19D;;;;/t10-,19?;2m;;. The number of aliphatic hydroxyl groups excluding tert-OH is 1. The number of rotatable bonds is 7. The van der Waals surface area contributed by atoms with Gasteiger partial charge < -0.3 is 44.4 Å². The van der Waals surface area contributed by atoms with Crippen molar-refractivity contribution in [2.75, 3.05) is 33.6 Å². The summed E-state index contributed by atoms with van der Waals surface area (Å²) in [5.41, 5.74) is 11.2. The Bertz CT molecular complexity index is 2250. The van der Waals surface area contributed by atoms with Gasteiger partial charge in [0.25, 0.3) is 0 Å². The predicted octanol–water partition coefficient (Wildman–Crippen LogP) is 11.5. The molecule has 7 atom stereocenters. The number of aromatic hydroxyl groups is 1. The Hall–Kier alpha value is -2.91. The van der Waals surface area contributed by atoms with Gasteiger partial charge in [-0.3, -0.25) is 0 Å². The number of piperidine rings is 1. The van der Waals surface area contributed by atoms with Crippen molar-refractivity contribution >= 4 is 74.4 Å². The van der Waals surface area contributed by atoms with Crippen LogP contribution in [0, 0.1) is 5.92 Å². The highest BCUT2D eigenvalue weighted by atomic mass is 127. The highest BCUT2D eigenvalue weighted by Crippen LogP contribution is 2.67. The second-order valence-corrected chi connectivity index (χ2v) is 20.2. The zero-order chi connectivity index (χ0) is 41.6. The molecule has 6 heterocycles. The molecule has 0 amide bonds. The number of alkyl halides is 1. The van der Waals surface area contributed by atoms with Crippen molar-refractivity contribution in [2.24, 2.45) is 5.92 Å². The van der Waals surface area contributed by atoms with E-state index in [0.717, 1.165) is 65.0 Å². The van der Waals surface area contributed by atoms with Crippen molar-refractivity contribution in [3.63, 3.8) is 0 Å². The molecule has 12 heteroatoms. The first-order valence-corrected chi connectivity index (χ1v) is 23.6. The number of anilines is 2. The molecule has 316 valence electrons. The number of phenolic OH excluding ortho intramolecular Hbond substituents is 1. The summed E-state index contributed by atoms with van der Waals surface area (Å²) in [5.74, 6) is 3.08. The van der Waals surface area contributed by atoms with E-state index < -0.39 is 6.10 Å². The maximum absolute atomic E-state index is 10.2. The number of halogens is 1. The Kier molecular flexibility index (Phi) is 13.4. The molecule has 5 aliphatic rings. The number of aromatic amines is 3. The van der Waals surface area contributed by atoms with Gasteiger partial charge >= 0.3 is 0 Å². The summed E-state index contributed by atoms with van der Waals surface area (Å²) >= 11 is 2.25. The average Bonchev–Trinajstić information content (AvgIpc) is 3.94. The van der Waals surface area contributed by atoms with E-state index in [-0.39, 0.29) is 22.3 Å². The zero-order valence-electron chi connectivity index (χ0n) is 35.8. The maximum Gasteiger partial charge on any atom is 0.148 e. The molecule has 2 aromatic carbocycles. The molecule has 2 aliphatic carbocycles. The van der Waals surface area contributed by atoms with Crippen LogP contribution in [-0.2, 0) is 5.41 Å². The third-order valence-corrected chi connectivity index (χ3v) is 13.3. The van der Waals surface area contributed by atoms with Crippen molar-refractivity contribution < 1.29 is 14.7 Å². The van der Waals surface area contributed by atoms with Gasteiger partial charge in [-0.15, -0.1) is 9.24 Å². The molecule has 0 bridgehead atoms. The maximum atomic E-state index is 10.2. The van der Waals surface area contributed by atoms with Gasteiger partial charge in [-0.25, -0.2) is 0 Å². The van der Waals surface area contributed by atoms with Crippen LogP contribution in [0.25, 0.3) is 21.8 Å². The van der Waals surface area contributed by atoms with E-state index in [0.29, 0.717) is 35.7 Å². The third-order valence-electron chi connectivity index (χ3n) is 13.1. The molecule has 9 nitrogen and oxygen atoms in total. The molecule has 5 aromatic rings. The first-order valence-electron chi connectivity index (χ1n) is 21.3. The Morgan fingerprint density at radius 3 is 1.93 bits per heavy atom. The van der Waals surface area contributed by atoms with Gasteiger partial charge in [0.1, 0.15) is 17.6 Å². The summed E-state index contributed by atoms with van der Waals surface area (Å²) < 4.78 is 14.0. The van der Waals surface area contributed by atoms with Gasteiger partial charge in [0, 0.05) is 118 Å². The van der Waals surface area contributed by atoms with E-state index in [1.54, 1.807) is 0 Å². The first kappa shape index (κ1) is 43.2. The van der Waals surface area contributed by atoms with Gasteiger partial charge in [-0.2, -0.15) is 0 Å². The lowest BCUT2D eigenvalue weighted by molar-refractivity contribution is 0.207. The minimum Gasteiger partial charge on any atom is -0.506 e. The van der Waals surface area contributed by atoms with E-state index >= 15 is 0 Å². The number of aromatic nitrogens is 3. The summed E-state index contributed by atoms with van der Waals surface area (Å²) in [4.78, 5) is 16.9. The molecule has 1 saturated heterocycles. The smallest absolute Gasteiger partial charge is 0.148 e. The number of H-pyrrole nitrogens is 3. The monoisotopic (exact) mass is 941 g/mol. The molecule has 2 fully saturated rings. The van der Waals surface area contributed by atoms with Crippen LogP contribution in [0.4, 0.5) is 11.4 Å². The fourth-order valence-corrected chi connectivity index (χ4v) is 10.4. The van der Waals surface area contributed by atoms with Gasteiger partial charge in [-0.1, -0.05) is 43.9 Å². The lowest BCUT2D eigenvalue weighted by Gasteiger charge is -2.34. The average molecular weight is 942 g/mol. The molecule has 3 aliphatic heterocycles. The summed E-state index contributed by atoms with van der Waals surface area (Å²) in [6, 6.07) is 11.9. The lowest BCUT2D eigenvalue weighted by Crippen LogP contribution is -2.32. The van der Waals surface area contributed by atoms with Crippen molar-refractivity contribution in [3.05, 3.63) is 83.1 Å². The molecule has 5 N–H and O–H groups in total. The van der Waals surface area contributed by atoms with Crippen molar-refractivity contribution in [1.29, 1.82) is 1.28 Å². The van der Waals surface area contributed by atoms with E-state index in [1.807, 2.05) is 24.7 Å². The molecular weight excluding hydrogens is 873 g/mol. The molecule has 4 unspecified atom stereocenters. The Morgan fingerprint density at radius 1 is 0.845 bits per heavy atom. The summed E-state index contributed by atoms with van der Waals surface area (Å²) in [6.07, 6.45) is 11.0. The van der Waals surface area contributed by atoms with Crippen molar-refractivity contribution in [1.82, 2.24) is 19.9 Å². The van der Waals surface area contributed by atoms with Gasteiger partial charge in [-0.05, 0) is 108 Å². The normalized spacial score (nSPS) is 23.7. The number of hydrogen-bond donors (Lipinski definition) is 5. The predicted molar refractivity (Wildman–Crippen MR) is 260 cm³/mol. The van der Waals surface area contributed by atoms with Crippen LogP contribution in [-0.4, -0.2) is 73.3 Å². The van der Waals surface area contributed by atoms with Crippen LogP contribution in [0.2, 0.25) is 0 Å². The van der Waals surface area contributed by atoms with E-state index in [4.69, 9.17) is 5.80 Å². The summed E-state index contributed by atoms with van der Waals surface area (Å²) in [7, 11) is 2.28. The number of fused-ring (bicyclic) bond motifs is 7. The number of nitrogens with zero attached hydrogens (tertiary/aromatic N) is 3. The van der Waals surface area contributed by atoms with Crippen LogP contribution < -0.4 is 14.3 Å². The molecule has 58 heavy (non-hydrogen) atoms. The molecule has 1 saturated carbocycles. The number of allylic oxidation sites excluding steroid dienone is 1. The quantitative estimate of drug-likeness (QED) is 0.0632. The Labute approximate surface area is 366 Å². The van der Waals surface area contributed by atoms with Crippen LogP contribution >= 0.6 is 41.2 Å². The van der Waals surface area contributed by atoms with E-state index in [9.17, 15) is 10.2 Å². The minimum atomic E-state index is -0.457. The first-order chi connectivity index (χ1) is 27.9. The molecule has 3 aromatic heterocycles. The molecule has 0 radical (unpaired) electrons. The van der Waals surface area contributed by atoms with Crippen molar-refractivity contribution in [3.8, 4) is 11.5 Å². The fourth-order valence-electron chi connectivity index (χ4n) is 10.3. The number of benzene rings is 2. The fraction of sp³-hybridized carbons (Fsp3) is 0.522. The van der Waals surface area contributed by atoms with Gasteiger partial charge in [0.15, 0.2) is 0 Å². The number of phenols is 1. The van der Waals surface area contributed by atoms with Gasteiger partial charge in [0.2, 0.25) is 0 Å². The van der Waals surface area contributed by atoms with E-state index in [2.05, 4.69) is 147 Å². The highest BCUT2D eigenvalue weighted by Gasteiger charge is 2.66. The van der Waals surface area contributed by atoms with Crippen LogP contribution in [0.1, 0.15) is 122 Å². The number of nitrogens with one attached hydrogen (secondary N) is 3. The molecular formula is C46H67IN6O3P2. The number of likely N-dealkylation sites (tertiary alicyclic amines) is 1. The summed E-state index contributed by atoms with van der Waals surface area (Å²) in [5, 5.41) is 22.8. The lowest BCUT2D eigenvalue weighted by atomic mass is 9.85. The largest absolute Gasteiger partial charge is 0.506 e. The molecule has 10 rings (SSSR count). The second kappa shape index (κ2) is 18.0. The SMILES string of the molecule is C.CC(C)N1C[C@H]2CC23C1=CC(O)c1[nH]ccc13.CC[C@@H]1CN(C(C)C)c2cc(O)c3[nH]ccc3c21.PCI.[2H]POc1cc2c(c3cc[nH]c13)[C@H](CC)CN2C(C)C. The number of hydrogen-bond acceptors (Lipinski definition) is 6. The second-order valence-electron chi connectivity index (χ2n) is 17.0. The van der Waals surface area contributed by atoms with Gasteiger partial charge in [0.05, 0.1) is 27.4 Å². The van der Waals surface area contributed by atoms with Crippen molar-refractivity contribution in [2.45, 2.75) is 124 Å². The van der Waals surface area contributed by atoms with Crippen LogP contribution in [0.3, 0.4) is 0 Å². The Morgan fingerprint density at radius 2 is 1.38 bits per heavy atom. The molecule has 1 spiro atoms. The highest BCUT2D eigenvalue weighted by molar-refractivity contribution is 14.1. The third kappa shape index (κ3) is 7.55. The zero-order valence-corrected chi connectivity index (χ0v) is 39.1. The Balaban J connectivity index is 0.000000143. The topological polar surface area (TPSA) is 107 Å². The van der Waals surface area contributed by atoms with Crippen LogP contribution in [0.15, 0.2) is 60.7 Å². The van der Waals surface area contributed by atoms with Crippen LogP contribution in [0.5, 0.6) is 11.5 Å².